The van der Waals surface area contributed by atoms with E-state index in [4.69, 9.17) is 15.7 Å². The number of nitrogen functional groups attached to an aromatic ring is 1. The fourth-order valence-electron chi connectivity index (χ4n) is 6.77. The number of nitrogens with two attached hydrogens (primary N) is 1. The van der Waals surface area contributed by atoms with E-state index in [-0.39, 0.29) is 0 Å². The van der Waals surface area contributed by atoms with Gasteiger partial charge in [-0.15, -0.1) is 0 Å². The number of nitrogens with zero attached hydrogens (tertiary/aromatic N) is 7. The molecule has 212 valence electrons. The summed E-state index contributed by atoms with van der Waals surface area (Å²) in [6.07, 6.45) is 8.62. The smallest absolute Gasteiger partial charge is 0.208 e. The lowest BCUT2D eigenvalue weighted by molar-refractivity contribution is 0.0828. The highest BCUT2D eigenvalue weighted by atomic mass is 15.3. The van der Waals surface area contributed by atoms with Crippen LogP contribution in [0.5, 0.6) is 0 Å². The predicted octanol–water partition coefficient (Wildman–Crippen LogP) is 5.35. The zero-order valence-corrected chi connectivity index (χ0v) is 24.2. The number of hydrogen-bond acceptors (Lipinski definition) is 7. The summed E-state index contributed by atoms with van der Waals surface area (Å²) in [6.45, 7) is 6.83. The molecule has 3 N–H and O–H groups in total. The molecule has 2 aromatic carbocycles. The molecule has 5 aromatic rings. The number of anilines is 3. The molecule has 1 aliphatic heterocycles. The van der Waals surface area contributed by atoms with E-state index >= 15 is 0 Å². The fraction of sp³-hybridized carbons (Fsp3) is 0.406. The quantitative estimate of drug-likeness (QED) is 0.305. The van der Waals surface area contributed by atoms with Gasteiger partial charge in [0.2, 0.25) is 5.95 Å². The molecular weight excluding hydrogens is 510 g/mol. The van der Waals surface area contributed by atoms with Crippen molar-refractivity contribution in [2.24, 2.45) is 7.05 Å². The number of nitrogens with one attached hydrogen (secondary N) is 1. The maximum atomic E-state index is 6.47. The number of rotatable bonds is 5. The molecule has 3 aromatic heterocycles. The number of benzene rings is 2. The number of fused-ring (bicyclic) bond motifs is 2. The van der Waals surface area contributed by atoms with Crippen LogP contribution in [-0.2, 0) is 7.05 Å². The lowest BCUT2D eigenvalue weighted by Crippen LogP contribution is -2.49. The molecule has 2 fully saturated rings. The molecule has 1 saturated carbocycles. The third-order valence-corrected chi connectivity index (χ3v) is 9.24. The average molecular weight is 550 g/mol. The molecule has 9 nitrogen and oxygen atoms in total. The van der Waals surface area contributed by atoms with Gasteiger partial charge in [-0.1, -0.05) is 18.2 Å². The first-order valence-electron chi connectivity index (χ1n) is 14.8. The number of aromatic nitrogens is 5. The minimum absolute atomic E-state index is 0.423. The third kappa shape index (κ3) is 4.83. The summed E-state index contributed by atoms with van der Waals surface area (Å²) >= 11 is 0. The van der Waals surface area contributed by atoms with Crippen molar-refractivity contribution in [2.75, 3.05) is 44.3 Å². The molecule has 0 spiro atoms. The Hall–Kier alpha value is -3.95. The van der Waals surface area contributed by atoms with Crippen LogP contribution in [0.25, 0.3) is 33.2 Å². The second-order valence-electron chi connectivity index (χ2n) is 11.9. The molecule has 0 unspecified atom stereocenters. The molecule has 0 amide bonds. The summed E-state index contributed by atoms with van der Waals surface area (Å²) in [5, 5.41) is 4.43. The van der Waals surface area contributed by atoms with Crippen LogP contribution in [0.1, 0.15) is 37.3 Å². The number of likely N-dealkylation sites (N-methyl/N-ethyl adjacent to an activating group) is 1. The molecule has 1 aliphatic carbocycles. The Morgan fingerprint density at radius 1 is 0.878 bits per heavy atom. The molecule has 1 saturated heterocycles. The molecule has 41 heavy (non-hydrogen) atoms. The van der Waals surface area contributed by atoms with Gasteiger partial charge in [0, 0.05) is 62.8 Å². The van der Waals surface area contributed by atoms with Gasteiger partial charge < -0.3 is 25.1 Å². The van der Waals surface area contributed by atoms with Crippen LogP contribution in [0.4, 0.5) is 17.5 Å². The summed E-state index contributed by atoms with van der Waals surface area (Å²) in [4.78, 5) is 19.0. The minimum atomic E-state index is 0.423. The van der Waals surface area contributed by atoms with Gasteiger partial charge in [0.15, 0.2) is 0 Å². The molecule has 9 heteroatoms. The second-order valence-corrected chi connectivity index (χ2v) is 11.9. The van der Waals surface area contributed by atoms with E-state index in [2.05, 4.69) is 91.9 Å². The lowest BCUT2D eigenvalue weighted by Gasteiger charge is -2.41. The zero-order chi connectivity index (χ0) is 28.1. The molecular formula is C32H39N9. The Morgan fingerprint density at radius 2 is 1.61 bits per heavy atom. The number of piperazine rings is 1. The average Bonchev–Trinajstić information content (AvgIpc) is 3.53. The maximum Gasteiger partial charge on any atom is 0.208 e. The molecule has 0 radical (unpaired) electrons. The Balaban J connectivity index is 1.13. The molecule has 0 atom stereocenters. The SMILES string of the molecule is Cc1ccc2nc(Nc3ccc(-c4cn(C5CCC(N6CCN(C)CC6)CC5)c5ncnc(N)c45)cc3)n(C)c2c1. The van der Waals surface area contributed by atoms with Crippen LogP contribution in [0.3, 0.4) is 0 Å². The van der Waals surface area contributed by atoms with Crippen LogP contribution >= 0.6 is 0 Å². The van der Waals surface area contributed by atoms with Gasteiger partial charge in [-0.05, 0) is 75.0 Å². The van der Waals surface area contributed by atoms with E-state index < -0.39 is 0 Å². The summed E-state index contributed by atoms with van der Waals surface area (Å²) < 4.78 is 4.47. The number of aryl methyl sites for hydroxylation is 2. The number of imidazole rings is 1. The van der Waals surface area contributed by atoms with Gasteiger partial charge in [-0.3, -0.25) is 4.90 Å². The number of hydrogen-bond donors (Lipinski definition) is 2. The van der Waals surface area contributed by atoms with Gasteiger partial charge in [0.1, 0.15) is 17.8 Å². The standard InChI is InChI=1S/C32H39N9/c1-21-4-13-27-28(18-21)39(3)32(37-27)36-23-7-5-22(6-8-23)26-19-41(31-29(26)30(33)34-20-35-31)25-11-9-24(10-12-25)40-16-14-38(2)15-17-40/h4-8,13,18-20,24-25H,9-12,14-17H2,1-3H3,(H,36,37)(H2,33,34,35). The molecule has 4 heterocycles. The lowest BCUT2D eigenvalue weighted by atomic mass is 9.89. The van der Waals surface area contributed by atoms with Crippen molar-refractivity contribution in [1.82, 2.24) is 33.9 Å². The van der Waals surface area contributed by atoms with Crippen molar-refractivity contribution in [1.29, 1.82) is 0 Å². The highest BCUT2D eigenvalue weighted by molar-refractivity contribution is 6.00. The second kappa shape index (κ2) is 10.5. The molecule has 0 bridgehead atoms. The van der Waals surface area contributed by atoms with Crippen molar-refractivity contribution in [3.63, 3.8) is 0 Å². The third-order valence-electron chi connectivity index (χ3n) is 9.24. The van der Waals surface area contributed by atoms with Gasteiger partial charge in [-0.2, -0.15) is 0 Å². The van der Waals surface area contributed by atoms with E-state index in [1.165, 1.54) is 44.6 Å². The minimum Gasteiger partial charge on any atom is -0.383 e. The Morgan fingerprint density at radius 3 is 2.37 bits per heavy atom. The van der Waals surface area contributed by atoms with Gasteiger partial charge >= 0.3 is 0 Å². The van der Waals surface area contributed by atoms with E-state index in [0.29, 0.717) is 17.9 Å². The fourth-order valence-corrected chi connectivity index (χ4v) is 6.77. The van der Waals surface area contributed by atoms with Gasteiger partial charge in [0.25, 0.3) is 0 Å². The topological polar surface area (TPSA) is 93.1 Å². The highest BCUT2D eigenvalue weighted by Gasteiger charge is 2.30. The van der Waals surface area contributed by atoms with E-state index in [1.807, 2.05) is 7.05 Å². The molecule has 7 rings (SSSR count). The molecule has 2 aliphatic rings. The monoisotopic (exact) mass is 549 g/mol. The predicted molar refractivity (Wildman–Crippen MR) is 166 cm³/mol. The normalized spacial score (nSPS) is 20.7. The van der Waals surface area contributed by atoms with Crippen LogP contribution in [-0.4, -0.2) is 73.2 Å². The van der Waals surface area contributed by atoms with Crippen molar-refractivity contribution in [2.45, 2.75) is 44.7 Å². The first kappa shape index (κ1) is 26.0. The van der Waals surface area contributed by atoms with Crippen LogP contribution in [0, 0.1) is 6.92 Å². The van der Waals surface area contributed by atoms with E-state index in [1.54, 1.807) is 6.33 Å². The van der Waals surface area contributed by atoms with Crippen molar-refractivity contribution < 1.29 is 0 Å². The van der Waals surface area contributed by atoms with Crippen LogP contribution in [0.2, 0.25) is 0 Å². The Bertz CT molecular complexity index is 1680. The first-order chi connectivity index (χ1) is 19.9. The van der Waals surface area contributed by atoms with Crippen molar-refractivity contribution >= 4 is 39.5 Å². The van der Waals surface area contributed by atoms with Gasteiger partial charge in [0.05, 0.1) is 16.4 Å². The zero-order valence-electron chi connectivity index (χ0n) is 24.2. The summed E-state index contributed by atoms with van der Waals surface area (Å²) in [5.41, 5.74) is 13.9. The first-order valence-corrected chi connectivity index (χ1v) is 14.8. The van der Waals surface area contributed by atoms with E-state index in [9.17, 15) is 0 Å². The summed E-state index contributed by atoms with van der Waals surface area (Å²) in [5.74, 6) is 1.35. The van der Waals surface area contributed by atoms with Crippen molar-refractivity contribution in [3.05, 3.63) is 60.6 Å². The van der Waals surface area contributed by atoms with E-state index in [0.717, 1.165) is 57.7 Å². The van der Waals surface area contributed by atoms with Crippen LogP contribution in [0.15, 0.2) is 55.0 Å². The largest absolute Gasteiger partial charge is 0.383 e. The Kier molecular flexibility index (Phi) is 6.63. The van der Waals surface area contributed by atoms with Crippen LogP contribution < -0.4 is 11.1 Å². The van der Waals surface area contributed by atoms with Crippen molar-refractivity contribution in [3.8, 4) is 11.1 Å². The Labute approximate surface area is 241 Å². The van der Waals surface area contributed by atoms with Gasteiger partial charge in [-0.25, -0.2) is 15.0 Å². The highest BCUT2D eigenvalue weighted by Crippen LogP contribution is 2.39. The maximum absolute atomic E-state index is 6.47. The summed E-state index contributed by atoms with van der Waals surface area (Å²) in [7, 11) is 4.27. The summed E-state index contributed by atoms with van der Waals surface area (Å²) in [6, 6.07) is 15.9.